The van der Waals surface area contributed by atoms with Crippen LogP contribution in [-0.4, -0.2) is 43.2 Å². The van der Waals surface area contributed by atoms with Crippen molar-refractivity contribution in [3.8, 4) is 0 Å². The Morgan fingerprint density at radius 3 is 2.58 bits per heavy atom. The molecule has 0 aromatic heterocycles. The van der Waals surface area contributed by atoms with Gasteiger partial charge < -0.3 is 15.4 Å². The number of hydrogen-bond acceptors (Lipinski definition) is 3. The van der Waals surface area contributed by atoms with Crippen LogP contribution in [0.5, 0.6) is 0 Å². The highest BCUT2D eigenvalue weighted by Crippen LogP contribution is 2.32. The lowest BCUT2D eigenvalue weighted by atomic mass is 9.77. The molecule has 1 amide bonds. The number of carbonyl (C=O) groups excluding carboxylic acids is 1. The van der Waals surface area contributed by atoms with Crippen molar-refractivity contribution in [1.82, 2.24) is 4.90 Å². The molecule has 4 heteroatoms. The smallest absolute Gasteiger partial charge is 0.226 e. The topological polar surface area (TPSA) is 55.6 Å². The molecule has 1 aliphatic heterocycles. The number of methoxy groups -OCH3 is 1. The van der Waals surface area contributed by atoms with E-state index in [1.54, 1.807) is 7.11 Å². The number of ether oxygens (including phenoxy) is 1. The zero-order chi connectivity index (χ0) is 14.0. The zero-order valence-electron chi connectivity index (χ0n) is 12.5. The van der Waals surface area contributed by atoms with Crippen LogP contribution in [0.25, 0.3) is 0 Å². The van der Waals surface area contributed by atoms with Crippen molar-refractivity contribution in [3.63, 3.8) is 0 Å². The predicted octanol–water partition coefficient (Wildman–Crippen LogP) is 1.63. The molecule has 1 saturated heterocycles. The molecule has 1 aliphatic carbocycles. The van der Waals surface area contributed by atoms with Gasteiger partial charge in [0.1, 0.15) is 0 Å². The molecule has 19 heavy (non-hydrogen) atoms. The Bertz CT molecular complexity index is 321. The van der Waals surface area contributed by atoms with E-state index in [4.69, 9.17) is 10.5 Å². The molecule has 1 heterocycles. The molecule has 2 fully saturated rings. The molecule has 0 aromatic carbocycles. The summed E-state index contributed by atoms with van der Waals surface area (Å²) >= 11 is 0. The standard InChI is InChI=1S/C15H28N2O2/c1-10-6-7-17(9-14(10)19-3)15(18)13-5-4-12(16)8-11(13)2/h10-14H,4-9,16H2,1-3H3. The summed E-state index contributed by atoms with van der Waals surface area (Å²) < 4.78 is 5.50. The number of nitrogens with two attached hydrogens (primary N) is 1. The third-order valence-electron chi connectivity index (χ3n) is 5.03. The summed E-state index contributed by atoms with van der Waals surface area (Å²) in [4.78, 5) is 14.7. The average molecular weight is 268 g/mol. The van der Waals surface area contributed by atoms with Gasteiger partial charge in [0.15, 0.2) is 0 Å². The molecule has 0 bridgehead atoms. The molecule has 1 saturated carbocycles. The summed E-state index contributed by atoms with van der Waals surface area (Å²) in [6, 6.07) is 0.284. The van der Waals surface area contributed by atoms with Crippen LogP contribution in [-0.2, 0) is 9.53 Å². The van der Waals surface area contributed by atoms with Crippen LogP contribution in [0.1, 0.15) is 39.5 Å². The maximum Gasteiger partial charge on any atom is 0.226 e. The number of likely N-dealkylation sites (tertiary alicyclic amines) is 1. The Morgan fingerprint density at radius 2 is 1.95 bits per heavy atom. The minimum absolute atomic E-state index is 0.172. The van der Waals surface area contributed by atoms with E-state index in [0.29, 0.717) is 17.7 Å². The predicted molar refractivity (Wildman–Crippen MR) is 75.6 cm³/mol. The molecule has 0 aromatic rings. The minimum Gasteiger partial charge on any atom is -0.379 e. The molecule has 2 N–H and O–H groups in total. The van der Waals surface area contributed by atoms with Crippen LogP contribution in [0, 0.1) is 17.8 Å². The second-order valence-electron chi connectivity index (χ2n) is 6.48. The first kappa shape index (κ1) is 14.8. The SMILES string of the molecule is COC1CN(C(=O)C2CCC(N)CC2C)CCC1C. The van der Waals surface area contributed by atoms with Crippen LogP contribution in [0.15, 0.2) is 0 Å². The summed E-state index contributed by atoms with van der Waals surface area (Å²) in [5, 5.41) is 0. The van der Waals surface area contributed by atoms with E-state index in [9.17, 15) is 4.79 Å². The largest absolute Gasteiger partial charge is 0.379 e. The Hall–Kier alpha value is -0.610. The summed E-state index contributed by atoms with van der Waals surface area (Å²) in [6.07, 6.45) is 4.15. The minimum atomic E-state index is 0.172. The van der Waals surface area contributed by atoms with E-state index >= 15 is 0 Å². The molecule has 110 valence electrons. The number of hydrogen-bond donors (Lipinski definition) is 1. The normalized spacial score (nSPS) is 40.2. The van der Waals surface area contributed by atoms with Gasteiger partial charge in [-0.15, -0.1) is 0 Å². The Balaban J connectivity index is 1.96. The highest BCUT2D eigenvalue weighted by Gasteiger charge is 2.36. The number of rotatable bonds is 2. The summed E-state index contributed by atoms with van der Waals surface area (Å²) in [6.45, 7) is 6.01. The second kappa shape index (κ2) is 6.23. The average Bonchev–Trinajstić information content (AvgIpc) is 2.38. The number of piperidine rings is 1. The summed E-state index contributed by atoms with van der Waals surface area (Å²) in [7, 11) is 1.75. The maximum atomic E-state index is 12.7. The molecule has 5 atom stereocenters. The number of carbonyl (C=O) groups is 1. The quantitative estimate of drug-likeness (QED) is 0.828. The first-order valence-corrected chi connectivity index (χ1v) is 7.60. The van der Waals surface area contributed by atoms with Crippen LogP contribution in [0.3, 0.4) is 0 Å². The van der Waals surface area contributed by atoms with Crippen molar-refractivity contribution in [1.29, 1.82) is 0 Å². The first-order chi connectivity index (χ1) is 9.02. The van der Waals surface area contributed by atoms with Crippen LogP contribution < -0.4 is 5.73 Å². The van der Waals surface area contributed by atoms with E-state index in [1.165, 1.54) is 0 Å². The fraction of sp³-hybridized carbons (Fsp3) is 0.933. The first-order valence-electron chi connectivity index (χ1n) is 7.60. The third-order valence-corrected chi connectivity index (χ3v) is 5.03. The van der Waals surface area contributed by atoms with Gasteiger partial charge in [-0.05, 0) is 37.5 Å². The van der Waals surface area contributed by atoms with Crippen molar-refractivity contribution in [2.45, 2.75) is 51.7 Å². The number of nitrogens with zero attached hydrogens (tertiary/aromatic N) is 1. The van der Waals surface area contributed by atoms with Gasteiger partial charge in [0, 0.05) is 32.2 Å². The van der Waals surface area contributed by atoms with E-state index in [2.05, 4.69) is 13.8 Å². The van der Waals surface area contributed by atoms with Crippen molar-refractivity contribution in [3.05, 3.63) is 0 Å². The van der Waals surface area contributed by atoms with E-state index in [0.717, 1.165) is 38.8 Å². The molecule has 0 radical (unpaired) electrons. The summed E-state index contributed by atoms with van der Waals surface area (Å²) in [5.41, 5.74) is 5.98. The van der Waals surface area contributed by atoms with Crippen molar-refractivity contribution in [2.75, 3.05) is 20.2 Å². The van der Waals surface area contributed by atoms with Gasteiger partial charge in [0.2, 0.25) is 5.91 Å². The number of amides is 1. The van der Waals surface area contributed by atoms with Gasteiger partial charge >= 0.3 is 0 Å². The maximum absolute atomic E-state index is 12.7. The highest BCUT2D eigenvalue weighted by atomic mass is 16.5. The van der Waals surface area contributed by atoms with Crippen molar-refractivity contribution >= 4 is 5.91 Å². The van der Waals surface area contributed by atoms with Crippen molar-refractivity contribution in [2.24, 2.45) is 23.5 Å². The zero-order valence-corrected chi connectivity index (χ0v) is 12.5. The Kier molecular flexibility index (Phi) is 4.85. The van der Waals surface area contributed by atoms with Gasteiger partial charge in [0.05, 0.1) is 6.10 Å². The van der Waals surface area contributed by atoms with Crippen LogP contribution in [0.4, 0.5) is 0 Å². The summed E-state index contributed by atoms with van der Waals surface area (Å²) in [5.74, 6) is 1.46. The molecular weight excluding hydrogens is 240 g/mol. The Morgan fingerprint density at radius 1 is 1.21 bits per heavy atom. The van der Waals surface area contributed by atoms with E-state index in [1.807, 2.05) is 4.90 Å². The van der Waals surface area contributed by atoms with Crippen LogP contribution >= 0.6 is 0 Å². The van der Waals surface area contributed by atoms with Gasteiger partial charge in [-0.1, -0.05) is 13.8 Å². The van der Waals surface area contributed by atoms with Gasteiger partial charge in [-0.2, -0.15) is 0 Å². The monoisotopic (exact) mass is 268 g/mol. The lowest BCUT2D eigenvalue weighted by molar-refractivity contribution is -0.143. The molecule has 2 aliphatic rings. The van der Waals surface area contributed by atoms with Crippen LogP contribution in [0.2, 0.25) is 0 Å². The van der Waals surface area contributed by atoms with Gasteiger partial charge in [0.25, 0.3) is 0 Å². The van der Waals surface area contributed by atoms with Gasteiger partial charge in [-0.25, -0.2) is 0 Å². The van der Waals surface area contributed by atoms with Crippen molar-refractivity contribution < 1.29 is 9.53 Å². The van der Waals surface area contributed by atoms with Gasteiger partial charge in [-0.3, -0.25) is 4.79 Å². The fourth-order valence-corrected chi connectivity index (χ4v) is 3.58. The lowest BCUT2D eigenvalue weighted by Gasteiger charge is -2.40. The third kappa shape index (κ3) is 3.29. The molecule has 0 spiro atoms. The second-order valence-corrected chi connectivity index (χ2v) is 6.48. The molecule has 5 unspecified atom stereocenters. The van der Waals surface area contributed by atoms with E-state index in [-0.39, 0.29) is 18.1 Å². The Labute approximate surface area is 116 Å². The lowest BCUT2D eigenvalue weighted by Crippen LogP contribution is -2.50. The molecule has 2 rings (SSSR count). The van der Waals surface area contributed by atoms with E-state index < -0.39 is 0 Å². The fourth-order valence-electron chi connectivity index (χ4n) is 3.58. The highest BCUT2D eigenvalue weighted by molar-refractivity contribution is 5.79. The molecular formula is C15H28N2O2. The molecule has 4 nitrogen and oxygen atoms in total.